The standard InChI is InChI=1S/C11H11BrO2/c1-4-5-8-6-9(13-2)11(12)10(7-8)14-3/h1,6-7H,5H2,2-3H3. The lowest BCUT2D eigenvalue weighted by Crippen LogP contribution is -1.92. The van der Waals surface area contributed by atoms with E-state index >= 15 is 0 Å². The summed E-state index contributed by atoms with van der Waals surface area (Å²) in [6.45, 7) is 0. The Kier molecular flexibility index (Phi) is 3.84. The fraction of sp³-hybridized carbons (Fsp3) is 0.273. The molecule has 0 radical (unpaired) electrons. The van der Waals surface area contributed by atoms with Gasteiger partial charge in [0.15, 0.2) is 0 Å². The molecule has 0 aliphatic heterocycles. The molecule has 1 rings (SSSR count). The summed E-state index contributed by atoms with van der Waals surface area (Å²) >= 11 is 3.39. The summed E-state index contributed by atoms with van der Waals surface area (Å²) in [5, 5.41) is 0. The Hall–Kier alpha value is -1.14. The van der Waals surface area contributed by atoms with Crippen LogP contribution in [0.1, 0.15) is 5.56 Å². The third kappa shape index (κ3) is 2.21. The number of hydrogen-bond donors (Lipinski definition) is 0. The minimum Gasteiger partial charge on any atom is -0.495 e. The molecule has 0 N–H and O–H groups in total. The van der Waals surface area contributed by atoms with E-state index in [1.165, 1.54) is 0 Å². The Morgan fingerprint density at radius 1 is 1.29 bits per heavy atom. The molecular formula is C11H11BrO2. The van der Waals surface area contributed by atoms with E-state index in [1.54, 1.807) is 14.2 Å². The van der Waals surface area contributed by atoms with E-state index in [9.17, 15) is 0 Å². The zero-order valence-electron chi connectivity index (χ0n) is 8.13. The summed E-state index contributed by atoms with van der Waals surface area (Å²) in [6, 6.07) is 3.79. The molecule has 0 amide bonds. The Morgan fingerprint density at radius 2 is 1.79 bits per heavy atom. The Bertz CT molecular complexity index is 341. The molecule has 0 bridgehead atoms. The van der Waals surface area contributed by atoms with Crippen molar-refractivity contribution in [3.8, 4) is 23.8 Å². The minimum atomic E-state index is 0.569. The average molecular weight is 255 g/mol. The molecule has 0 aliphatic rings. The molecule has 1 aromatic rings. The van der Waals surface area contributed by atoms with Crippen molar-refractivity contribution in [2.24, 2.45) is 0 Å². The monoisotopic (exact) mass is 254 g/mol. The SMILES string of the molecule is C#CCc1cc(OC)c(Br)c(OC)c1. The van der Waals surface area contributed by atoms with Crippen molar-refractivity contribution in [2.75, 3.05) is 14.2 Å². The first kappa shape index (κ1) is 10.9. The molecular weight excluding hydrogens is 244 g/mol. The number of methoxy groups -OCH3 is 2. The highest BCUT2D eigenvalue weighted by Gasteiger charge is 2.08. The van der Waals surface area contributed by atoms with Crippen LogP contribution >= 0.6 is 15.9 Å². The fourth-order valence-corrected chi connectivity index (χ4v) is 1.70. The Labute approximate surface area is 92.3 Å². The molecule has 0 saturated heterocycles. The molecule has 0 aliphatic carbocycles. The molecule has 0 saturated carbocycles. The molecule has 0 spiro atoms. The van der Waals surface area contributed by atoms with E-state index in [0.717, 1.165) is 21.5 Å². The summed E-state index contributed by atoms with van der Waals surface area (Å²) in [6.07, 6.45) is 5.81. The van der Waals surface area contributed by atoms with Crippen molar-refractivity contribution in [3.05, 3.63) is 22.2 Å². The Balaban J connectivity index is 3.19. The first-order valence-corrected chi connectivity index (χ1v) is 4.86. The van der Waals surface area contributed by atoms with E-state index in [4.69, 9.17) is 15.9 Å². The van der Waals surface area contributed by atoms with E-state index in [1.807, 2.05) is 12.1 Å². The van der Waals surface area contributed by atoms with Gasteiger partial charge in [0.05, 0.1) is 14.2 Å². The van der Waals surface area contributed by atoms with Crippen molar-refractivity contribution in [1.82, 2.24) is 0 Å². The van der Waals surface area contributed by atoms with Crippen LogP contribution in [0.3, 0.4) is 0 Å². The van der Waals surface area contributed by atoms with Gasteiger partial charge in [0.25, 0.3) is 0 Å². The third-order valence-electron chi connectivity index (χ3n) is 1.81. The summed E-state index contributed by atoms with van der Waals surface area (Å²) in [5.41, 5.74) is 1.00. The molecule has 74 valence electrons. The number of terminal acetylenes is 1. The van der Waals surface area contributed by atoms with Crippen LogP contribution in [-0.4, -0.2) is 14.2 Å². The van der Waals surface area contributed by atoms with Gasteiger partial charge in [-0.2, -0.15) is 0 Å². The normalized spacial score (nSPS) is 9.29. The summed E-state index contributed by atoms with van der Waals surface area (Å²) < 4.78 is 11.2. The van der Waals surface area contributed by atoms with E-state index in [-0.39, 0.29) is 0 Å². The van der Waals surface area contributed by atoms with Crippen molar-refractivity contribution < 1.29 is 9.47 Å². The highest BCUT2D eigenvalue weighted by Crippen LogP contribution is 2.35. The maximum atomic E-state index is 5.24. The molecule has 14 heavy (non-hydrogen) atoms. The highest BCUT2D eigenvalue weighted by atomic mass is 79.9. The summed E-state index contributed by atoms with van der Waals surface area (Å²) in [5.74, 6) is 4.04. The van der Waals surface area contributed by atoms with Crippen LogP contribution in [0.2, 0.25) is 0 Å². The zero-order valence-corrected chi connectivity index (χ0v) is 9.72. The number of hydrogen-bond acceptors (Lipinski definition) is 2. The number of benzene rings is 1. The molecule has 3 heteroatoms. The molecule has 0 unspecified atom stereocenters. The fourth-order valence-electron chi connectivity index (χ4n) is 1.14. The molecule has 1 aromatic carbocycles. The lowest BCUT2D eigenvalue weighted by atomic mass is 10.1. The van der Waals surface area contributed by atoms with Gasteiger partial charge in [-0.05, 0) is 33.6 Å². The first-order chi connectivity index (χ1) is 6.72. The highest BCUT2D eigenvalue weighted by molar-refractivity contribution is 9.10. The van der Waals surface area contributed by atoms with Crippen LogP contribution in [0.5, 0.6) is 11.5 Å². The van der Waals surface area contributed by atoms with Gasteiger partial charge in [-0.25, -0.2) is 0 Å². The van der Waals surface area contributed by atoms with Crippen LogP contribution in [0.25, 0.3) is 0 Å². The number of rotatable bonds is 3. The van der Waals surface area contributed by atoms with Gasteiger partial charge < -0.3 is 9.47 Å². The van der Waals surface area contributed by atoms with Crippen LogP contribution in [0.4, 0.5) is 0 Å². The van der Waals surface area contributed by atoms with Crippen LogP contribution in [-0.2, 0) is 6.42 Å². The van der Waals surface area contributed by atoms with Crippen LogP contribution in [0, 0.1) is 12.3 Å². The summed E-state index contributed by atoms with van der Waals surface area (Å²) in [4.78, 5) is 0. The molecule has 2 nitrogen and oxygen atoms in total. The first-order valence-electron chi connectivity index (χ1n) is 4.06. The van der Waals surface area contributed by atoms with Crippen molar-refractivity contribution in [2.45, 2.75) is 6.42 Å². The minimum absolute atomic E-state index is 0.569. The van der Waals surface area contributed by atoms with E-state index in [0.29, 0.717) is 6.42 Å². The quantitative estimate of drug-likeness (QED) is 0.773. The van der Waals surface area contributed by atoms with Crippen molar-refractivity contribution in [3.63, 3.8) is 0 Å². The van der Waals surface area contributed by atoms with Crippen molar-refractivity contribution in [1.29, 1.82) is 0 Å². The predicted molar refractivity (Wildman–Crippen MR) is 59.8 cm³/mol. The van der Waals surface area contributed by atoms with E-state index < -0.39 is 0 Å². The van der Waals surface area contributed by atoms with Gasteiger partial charge >= 0.3 is 0 Å². The van der Waals surface area contributed by atoms with E-state index in [2.05, 4.69) is 21.9 Å². The largest absolute Gasteiger partial charge is 0.495 e. The smallest absolute Gasteiger partial charge is 0.137 e. The van der Waals surface area contributed by atoms with Gasteiger partial charge in [-0.3, -0.25) is 0 Å². The lowest BCUT2D eigenvalue weighted by molar-refractivity contribution is 0.389. The zero-order chi connectivity index (χ0) is 10.6. The van der Waals surface area contributed by atoms with Gasteiger partial charge in [0.2, 0.25) is 0 Å². The van der Waals surface area contributed by atoms with Gasteiger partial charge in [-0.15, -0.1) is 12.3 Å². The second-order valence-electron chi connectivity index (χ2n) is 2.70. The lowest BCUT2D eigenvalue weighted by Gasteiger charge is -2.10. The second kappa shape index (κ2) is 4.92. The van der Waals surface area contributed by atoms with Crippen LogP contribution < -0.4 is 9.47 Å². The molecule has 0 heterocycles. The van der Waals surface area contributed by atoms with Gasteiger partial charge in [-0.1, -0.05) is 0 Å². The summed E-state index contributed by atoms with van der Waals surface area (Å²) in [7, 11) is 3.22. The van der Waals surface area contributed by atoms with Crippen LogP contribution in [0.15, 0.2) is 16.6 Å². The number of ether oxygens (including phenoxy) is 2. The molecule has 0 atom stereocenters. The number of halogens is 1. The predicted octanol–water partition coefficient (Wildman–Crippen LogP) is 2.64. The maximum absolute atomic E-state index is 5.24. The van der Waals surface area contributed by atoms with Gasteiger partial charge in [0, 0.05) is 6.42 Å². The Morgan fingerprint density at radius 3 is 2.14 bits per heavy atom. The third-order valence-corrected chi connectivity index (χ3v) is 2.59. The van der Waals surface area contributed by atoms with Gasteiger partial charge in [0.1, 0.15) is 16.0 Å². The second-order valence-corrected chi connectivity index (χ2v) is 3.49. The molecule has 0 fully saturated rings. The average Bonchev–Trinajstić information content (AvgIpc) is 2.20. The maximum Gasteiger partial charge on any atom is 0.137 e. The molecule has 0 aromatic heterocycles. The topological polar surface area (TPSA) is 18.5 Å². The van der Waals surface area contributed by atoms with Crippen molar-refractivity contribution >= 4 is 15.9 Å².